The van der Waals surface area contributed by atoms with E-state index in [0.29, 0.717) is 11.5 Å². The lowest BCUT2D eigenvalue weighted by Crippen LogP contribution is -1.99. The Morgan fingerprint density at radius 3 is 2.79 bits per heavy atom. The Hall–Kier alpha value is -0.600. The van der Waals surface area contributed by atoms with Crippen LogP contribution in [0.1, 0.15) is 30.9 Å². The highest BCUT2D eigenvalue weighted by atomic mass is 35.5. The van der Waals surface area contributed by atoms with E-state index in [0.717, 1.165) is 6.42 Å². The monoisotopic (exact) mass is 214 g/mol. The normalized spacial score (nSPS) is 18.2. The summed E-state index contributed by atoms with van der Waals surface area (Å²) in [6.07, 6.45) is 2.57. The van der Waals surface area contributed by atoms with Crippen molar-refractivity contribution in [1.29, 1.82) is 0 Å². The second kappa shape index (κ2) is 3.87. The summed E-state index contributed by atoms with van der Waals surface area (Å²) in [5, 5.41) is 9.84. The van der Waals surface area contributed by atoms with Crippen LogP contribution in [0.25, 0.3) is 0 Å². The summed E-state index contributed by atoms with van der Waals surface area (Å²) < 4.78 is 13.0. The Morgan fingerprint density at radius 1 is 1.50 bits per heavy atom. The molecule has 0 spiro atoms. The standard InChI is InChI=1S/C11H12ClFO/c12-9-4-3-8(6-10(9)13)11(14)5-7-1-2-7/h3-4,6-7,11,14H,1-2,5H2. The number of aliphatic hydroxyl groups is 1. The third kappa shape index (κ3) is 2.25. The smallest absolute Gasteiger partial charge is 0.142 e. The van der Waals surface area contributed by atoms with E-state index in [1.54, 1.807) is 6.07 Å². The molecule has 1 unspecified atom stereocenters. The van der Waals surface area contributed by atoms with Crippen LogP contribution in [-0.4, -0.2) is 5.11 Å². The topological polar surface area (TPSA) is 20.2 Å². The van der Waals surface area contributed by atoms with Crippen molar-refractivity contribution >= 4 is 11.6 Å². The number of benzene rings is 1. The summed E-state index contributed by atoms with van der Waals surface area (Å²) in [7, 11) is 0. The molecule has 1 aromatic carbocycles. The first-order chi connectivity index (χ1) is 6.66. The van der Waals surface area contributed by atoms with Gasteiger partial charge in [0, 0.05) is 0 Å². The van der Waals surface area contributed by atoms with E-state index in [2.05, 4.69) is 0 Å². The molecule has 0 radical (unpaired) electrons. The second-order valence-electron chi connectivity index (χ2n) is 3.87. The molecular weight excluding hydrogens is 203 g/mol. The third-order valence-electron chi connectivity index (χ3n) is 2.58. The lowest BCUT2D eigenvalue weighted by atomic mass is 10.0. The molecule has 1 aliphatic carbocycles. The van der Waals surface area contributed by atoms with Gasteiger partial charge in [-0.15, -0.1) is 0 Å². The van der Waals surface area contributed by atoms with Crippen molar-refractivity contribution in [3.05, 3.63) is 34.6 Å². The number of rotatable bonds is 3. The van der Waals surface area contributed by atoms with Crippen molar-refractivity contribution in [1.82, 2.24) is 0 Å². The maximum absolute atomic E-state index is 13.0. The van der Waals surface area contributed by atoms with Crippen LogP contribution in [0, 0.1) is 11.7 Å². The van der Waals surface area contributed by atoms with Gasteiger partial charge in [-0.2, -0.15) is 0 Å². The molecule has 1 fully saturated rings. The fraction of sp³-hybridized carbons (Fsp3) is 0.455. The van der Waals surface area contributed by atoms with Gasteiger partial charge in [-0.1, -0.05) is 30.5 Å². The van der Waals surface area contributed by atoms with Gasteiger partial charge in [-0.25, -0.2) is 4.39 Å². The van der Waals surface area contributed by atoms with Crippen LogP contribution in [0.2, 0.25) is 5.02 Å². The summed E-state index contributed by atoms with van der Waals surface area (Å²) in [6, 6.07) is 4.48. The summed E-state index contributed by atoms with van der Waals surface area (Å²) in [4.78, 5) is 0. The Morgan fingerprint density at radius 2 is 2.21 bits per heavy atom. The predicted octanol–water partition coefficient (Wildman–Crippen LogP) is 3.31. The second-order valence-corrected chi connectivity index (χ2v) is 4.28. The summed E-state index contributed by atoms with van der Waals surface area (Å²) >= 11 is 5.55. The first kappa shape index (κ1) is 9.94. The van der Waals surface area contributed by atoms with Crippen molar-refractivity contribution in [2.24, 2.45) is 5.92 Å². The number of hydrogen-bond donors (Lipinski definition) is 1. The molecule has 1 nitrogen and oxygen atoms in total. The largest absolute Gasteiger partial charge is 0.388 e. The lowest BCUT2D eigenvalue weighted by Gasteiger charge is -2.10. The molecule has 1 N–H and O–H groups in total. The minimum absolute atomic E-state index is 0.104. The van der Waals surface area contributed by atoms with Crippen LogP contribution in [0.15, 0.2) is 18.2 Å². The van der Waals surface area contributed by atoms with Crippen LogP contribution in [0.4, 0.5) is 4.39 Å². The molecule has 0 heterocycles. The first-order valence-corrected chi connectivity index (χ1v) is 5.17. The fourth-order valence-electron chi connectivity index (χ4n) is 1.53. The van der Waals surface area contributed by atoms with E-state index >= 15 is 0 Å². The molecule has 0 bridgehead atoms. The molecule has 1 saturated carbocycles. The highest BCUT2D eigenvalue weighted by Crippen LogP contribution is 2.37. The van der Waals surface area contributed by atoms with Crippen LogP contribution < -0.4 is 0 Å². The first-order valence-electron chi connectivity index (χ1n) is 4.80. The molecule has 1 atom stereocenters. The van der Waals surface area contributed by atoms with Crippen LogP contribution in [-0.2, 0) is 0 Å². The molecule has 0 aliphatic heterocycles. The predicted molar refractivity (Wildman–Crippen MR) is 53.7 cm³/mol. The van der Waals surface area contributed by atoms with E-state index in [1.807, 2.05) is 0 Å². The van der Waals surface area contributed by atoms with Gasteiger partial charge < -0.3 is 5.11 Å². The maximum atomic E-state index is 13.0. The quantitative estimate of drug-likeness (QED) is 0.819. The summed E-state index contributed by atoms with van der Waals surface area (Å²) in [5.41, 5.74) is 0.624. The average Bonchev–Trinajstić information content (AvgIpc) is 2.93. The molecule has 76 valence electrons. The Labute approximate surface area is 87.5 Å². The Bertz CT molecular complexity index is 336. The zero-order valence-corrected chi connectivity index (χ0v) is 8.47. The summed E-state index contributed by atoms with van der Waals surface area (Å²) in [6.45, 7) is 0. The van der Waals surface area contributed by atoms with Gasteiger partial charge in [-0.3, -0.25) is 0 Å². The van der Waals surface area contributed by atoms with E-state index in [9.17, 15) is 9.50 Å². The minimum atomic E-state index is -0.547. The third-order valence-corrected chi connectivity index (χ3v) is 2.89. The summed E-state index contributed by atoms with van der Waals surface area (Å²) in [5.74, 6) is 0.169. The molecule has 14 heavy (non-hydrogen) atoms. The average molecular weight is 215 g/mol. The van der Waals surface area contributed by atoms with Crippen molar-refractivity contribution in [3.8, 4) is 0 Å². The van der Waals surface area contributed by atoms with Gasteiger partial charge in [-0.05, 0) is 30.0 Å². The van der Waals surface area contributed by atoms with E-state index in [1.165, 1.54) is 25.0 Å². The lowest BCUT2D eigenvalue weighted by molar-refractivity contribution is 0.160. The highest BCUT2D eigenvalue weighted by Gasteiger charge is 2.25. The fourth-order valence-corrected chi connectivity index (χ4v) is 1.64. The van der Waals surface area contributed by atoms with Gasteiger partial charge in [0.25, 0.3) is 0 Å². The van der Waals surface area contributed by atoms with Gasteiger partial charge in [0.1, 0.15) is 5.82 Å². The number of aliphatic hydroxyl groups excluding tert-OH is 1. The van der Waals surface area contributed by atoms with E-state index in [4.69, 9.17) is 11.6 Å². The van der Waals surface area contributed by atoms with Crippen molar-refractivity contribution < 1.29 is 9.50 Å². The minimum Gasteiger partial charge on any atom is -0.388 e. The SMILES string of the molecule is OC(CC1CC1)c1ccc(Cl)c(F)c1. The van der Waals surface area contributed by atoms with Crippen molar-refractivity contribution in [2.45, 2.75) is 25.4 Å². The van der Waals surface area contributed by atoms with Crippen LogP contribution in [0.3, 0.4) is 0 Å². The molecule has 2 rings (SSSR count). The van der Waals surface area contributed by atoms with Crippen LogP contribution in [0.5, 0.6) is 0 Å². The highest BCUT2D eigenvalue weighted by molar-refractivity contribution is 6.30. The zero-order valence-electron chi connectivity index (χ0n) is 7.71. The molecule has 0 saturated heterocycles. The molecule has 1 aromatic rings. The van der Waals surface area contributed by atoms with Crippen molar-refractivity contribution in [2.75, 3.05) is 0 Å². The zero-order chi connectivity index (χ0) is 10.1. The van der Waals surface area contributed by atoms with Gasteiger partial charge >= 0.3 is 0 Å². The molecule has 0 aromatic heterocycles. The number of halogens is 2. The van der Waals surface area contributed by atoms with Gasteiger partial charge in [0.15, 0.2) is 0 Å². The molecule has 1 aliphatic rings. The van der Waals surface area contributed by atoms with Gasteiger partial charge in [0.2, 0.25) is 0 Å². The molecular formula is C11H12ClFO. The molecule has 3 heteroatoms. The maximum Gasteiger partial charge on any atom is 0.142 e. The van der Waals surface area contributed by atoms with Crippen molar-refractivity contribution in [3.63, 3.8) is 0 Å². The van der Waals surface area contributed by atoms with E-state index < -0.39 is 11.9 Å². The van der Waals surface area contributed by atoms with E-state index in [-0.39, 0.29) is 5.02 Å². The molecule has 0 amide bonds. The van der Waals surface area contributed by atoms with Gasteiger partial charge in [0.05, 0.1) is 11.1 Å². The van der Waals surface area contributed by atoms with Crippen LogP contribution >= 0.6 is 11.6 Å². The number of hydrogen-bond acceptors (Lipinski definition) is 1. The Kier molecular flexibility index (Phi) is 2.75. The Balaban J connectivity index is 2.10.